The van der Waals surface area contributed by atoms with Gasteiger partial charge in [-0.15, -0.1) is 0 Å². The van der Waals surface area contributed by atoms with Gasteiger partial charge in [0, 0.05) is 26.2 Å². The van der Waals surface area contributed by atoms with Crippen molar-refractivity contribution >= 4 is 5.96 Å². The average molecular weight is 307 g/mol. The Hall–Kier alpha value is -1.56. The Morgan fingerprint density at radius 2 is 2.32 bits per heavy atom. The van der Waals surface area contributed by atoms with Crippen LogP contribution < -0.4 is 10.6 Å². The molecule has 1 aromatic rings. The maximum Gasteiger partial charge on any atom is 0.191 e. The lowest BCUT2D eigenvalue weighted by molar-refractivity contribution is 0.210. The summed E-state index contributed by atoms with van der Waals surface area (Å²) >= 11 is 0. The number of nitrogens with one attached hydrogen (secondary N) is 2. The zero-order valence-electron chi connectivity index (χ0n) is 14.2. The normalized spacial score (nSPS) is 20.4. The number of hydrogen-bond donors (Lipinski definition) is 2. The van der Waals surface area contributed by atoms with Crippen LogP contribution in [0.25, 0.3) is 0 Å². The van der Waals surface area contributed by atoms with E-state index in [1.54, 1.807) is 7.05 Å². The van der Waals surface area contributed by atoms with Gasteiger partial charge < -0.3 is 20.1 Å². The van der Waals surface area contributed by atoms with Gasteiger partial charge in [0.25, 0.3) is 0 Å². The molecule has 2 heterocycles. The van der Waals surface area contributed by atoms with Gasteiger partial charge >= 0.3 is 0 Å². The predicted octanol–water partition coefficient (Wildman–Crippen LogP) is 1.80. The summed E-state index contributed by atoms with van der Waals surface area (Å²) in [6, 6.07) is 2.00. The maximum absolute atomic E-state index is 5.33. The van der Waals surface area contributed by atoms with Gasteiger partial charge in [-0.25, -0.2) is 0 Å². The van der Waals surface area contributed by atoms with Gasteiger partial charge in [0.1, 0.15) is 0 Å². The van der Waals surface area contributed by atoms with Crippen LogP contribution in [0, 0.1) is 5.92 Å². The molecule has 2 N–H and O–H groups in total. The highest BCUT2D eigenvalue weighted by molar-refractivity contribution is 5.79. The molecule has 1 aliphatic heterocycles. The van der Waals surface area contributed by atoms with E-state index < -0.39 is 0 Å². The summed E-state index contributed by atoms with van der Waals surface area (Å²) in [5.74, 6) is 2.73. The molecule has 1 saturated heterocycles. The number of aliphatic imine (C=N–C) groups is 1. The Kier molecular flexibility index (Phi) is 6.24. The van der Waals surface area contributed by atoms with Crippen molar-refractivity contribution in [1.82, 2.24) is 20.7 Å². The fourth-order valence-electron chi connectivity index (χ4n) is 2.76. The van der Waals surface area contributed by atoms with Crippen molar-refractivity contribution in [3.8, 4) is 0 Å². The molecule has 2 rings (SSSR count). The monoisotopic (exact) mass is 307 g/mol. The van der Waals surface area contributed by atoms with Crippen LogP contribution in [0.1, 0.15) is 44.1 Å². The van der Waals surface area contributed by atoms with Crippen LogP contribution in [-0.2, 0) is 6.54 Å². The SMILES string of the molecule is CN=C(NCc1cc(C(C)C)no1)NCC1CCCN(C)C1. The highest BCUT2D eigenvalue weighted by atomic mass is 16.5. The molecule has 1 aromatic heterocycles. The summed E-state index contributed by atoms with van der Waals surface area (Å²) in [5, 5.41) is 10.8. The van der Waals surface area contributed by atoms with Crippen molar-refractivity contribution in [2.75, 3.05) is 33.7 Å². The van der Waals surface area contributed by atoms with Crippen LogP contribution in [0.5, 0.6) is 0 Å². The summed E-state index contributed by atoms with van der Waals surface area (Å²) in [5.41, 5.74) is 0.991. The molecule has 6 heteroatoms. The summed E-state index contributed by atoms with van der Waals surface area (Å²) in [4.78, 5) is 6.66. The highest BCUT2D eigenvalue weighted by Crippen LogP contribution is 2.14. The summed E-state index contributed by atoms with van der Waals surface area (Å²) in [7, 11) is 3.98. The zero-order valence-corrected chi connectivity index (χ0v) is 14.2. The quantitative estimate of drug-likeness (QED) is 0.641. The Morgan fingerprint density at radius 1 is 1.50 bits per heavy atom. The molecule has 0 saturated carbocycles. The van der Waals surface area contributed by atoms with Crippen molar-refractivity contribution in [2.24, 2.45) is 10.9 Å². The van der Waals surface area contributed by atoms with E-state index >= 15 is 0 Å². The zero-order chi connectivity index (χ0) is 15.9. The summed E-state index contributed by atoms with van der Waals surface area (Å²) in [6.07, 6.45) is 2.57. The van der Waals surface area contributed by atoms with Gasteiger partial charge in [0.05, 0.1) is 12.2 Å². The number of aromatic nitrogens is 1. The predicted molar refractivity (Wildman–Crippen MR) is 89.0 cm³/mol. The first kappa shape index (κ1) is 16.8. The second kappa shape index (κ2) is 8.17. The third-order valence-electron chi connectivity index (χ3n) is 4.10. The topological polar surface area (TPSA) is 65.7 Å². The smallest absolute Gasteiger partial charge is 0.191 e. The van der Waals surface area contributed by atoms with Gasteiger partial charge in [-0.3, -0.25) is 4.99 Å². The van der Waals surface area contributed by atoms with E-state index in [0.29, 0.717) is 18.4 Å². The lowest BCUT2D eigenvalue weighted by atomic mass is 9.99. The van der Waals surface area contributed by atoms with Crippen LogP contribution in [0.3, 0.4) is 0 Å². The summed E-state index contributed by atoms with van der Waals surface area (Å²) < 4.78 is 5.33. The van der Waals surface area contributed by atoms with Gasteiger partial charge in [-0.05, 0) is 38.3 Å². The summed E-state index contributed by atoms with van der Waals surface area (Å²) in [6.45, 7) is 8.14. The Morgan fingerprint density at radius 3 is 2.95 bits per heavy atom. The van der Waals surface area contributed by atoms with E-state index in [1.807, 2.05) is 6.07 Å². The standard InChI is InChI=1S/C16H29N5O/c1-12(2)15-8-14(22-20-15)10-19-16(17-3)18-9-13-6-5-7-21(4)11-13/h8,12-13H,5-7,9-11H2,1-4H3,(H2,17,18,19). The molecular formula is C16H29N5O. The highest BCUT2D eigenvalue weighted by Gasteiger charge is 2.17. The number of guanidine groups is 1. The molecule has 0 amide bonds. The Labute approximate surface area is 133 Å². The van der Waals surface area contributed by atoms with Crippen LogP contribution in [0.2, 0.25) is 0 Å². The fraction of sp³-hybridized carbons (Fsp3) is 0.750. The second-order valence-corrected chi connectivity index (χ2v) is 6.45. The number of nitrogens with zero attached hydrogens (tertiary/aromatic N) is 3. The Bertz CT molecular complexity index is 483. The van der Waals surface area contributed by atoms with Gasteiger partial charge in [0.2, 0.25) is 0 Å². The van der Waals surface area contributed by atoms with Gasteiger partial charge in [0.15, 0.2) is 11.7 Å². The molecule has 0 aliphatic carbocycles. The van der Waals surface area contributed by atoms with Crippen molar-refractivity contribution in [3.63, 3.8) is 0 Å². The number of rotatable bonds is 5. The van der Waals surface area contributed by atoms with Crippen LogP contribution >= 0.6 is 0 Å². The first-order valence-corrected chi connectivity index (χ1v) is 8.17. The lowest BCUT2D eigenvalue weighted by Crippen LogP contribution is -2.43. The van der Waals surface area contributed by atoms with E-state index in [9.17, 15) is 0 Å². The average Bonchev–Trinajstić information content (AvgIpc) is 2.97. The minimum absolute atomic E-state index is 0.387. The van der Waals surface area contributed by atoms with Crippen molar-refractivity contribution < 1.29 is 4.52 Å². The van der Waals surface area contributed by atoms with E-state index in [0.717, 1.165) is 30.5 Å². The number of hydrogen-bond acceptors (Lipinski definition) is 4. The Balaban J connectivity index is 1.74. The molecule has 1 unspecified atom stereocenters. The molecule has 0 aromatic carbocycles. The fourth-order valence-corrected chi connectivity index (χ4v) is 2.76. The van der Waals surface area contributed by atoms with Crippen molar-refractivity contribution in [1.29, 1.82) is 0 Å². The van der Waals surface area contributed by atoms with Crippen molar-refractivity contribution in [3.05, 3.63) is 17.5 Å². The minimum atomic E-state index is 0.387. The van der Waals surface area contributed by atoms with E-state index in [1.165, 1.54) is 19.4 Å². The second-order valence-electron chi connectivity index (χ2n) is 6.45. The molecular weight excluding hydrogens is 278 g/mol. The van der Waals surface area contributed by atoms with E-state index in [4.69, 9.17) is 4.52 Å². The van der Waals surface area contributed by atoms with Crippen molar-refractivity contribution in [2.45, 2.75) is 39.2 Å². The molecule has 22 heavy (non-hydrogen) atoms. The van der Waals surface area contributed by atoms with E-state index in [-0.39, 0.29) is 0 Å². The van der Waals surface area contributed by atoms with Gasteiger partial charge in [-0.1, -0.05) is 19.0 Å². The molecule has 124 valence electrons. The number of likely N-dealkylation sites (tertiary alicyclic amines) is 1. The molecule has 6 nitrogen and oxygen atoms in total. The molecule has 1 atom stereocenters. The molecule has 0 bridgehead atoms. The third-order valence-corrected chi connectivity index (χ3v) is 4.10. The van der Waals surface area contributed by atoms with Gasteiger partial charge in [-0.2, -0.15) is 0 Å². The largest absolute Gasteiger partial charge is 0.359 e. The molecule has 0 spiro atoms. The van der Waals surface area contributed by atoms with Crippen LogP contribution in [0.15, 0.2) is 15.6 Å². The first-order valence-electron chi connectivity index (χ1n) is 8.17. The van der Waals surface area contributed by atoms with Crippen LogP contribution in [0.4, 0.5) is 0 Å². The first-order chi connectivity index (χ1) is 10.6. The molecule has 0 radical (unpaired) electrons. The maximum atomic E-state index is 5.33. The number of piperidine rings is 1. The molecule has 1 aliphatic rings. The lowest BCUT2D eigenvalue weighted by Gasteiger charge is -2.30. The van der Waals surface area contributed by atoms with Crippen LogP contribution in [-0.4, -0.2) is 49.7 Å². The minimum Gasteiger partial charge on any atom is -0.359 e. The van der Waals surface area contributed by atoms with E-state index in [2.05, 4.69) is 46.6 Å². The molecule has 1 fully saturated rings. The third kappa shape index (κ3) is 5.02.